The molecule has 326 valence electrons. The zero-order chi connectivity index (χ0) is 45.6. The van der Waals surface area contributed by atoms with Gasteiger partial charge in [0, 0.05) is 47.0 Å². The van der Waals surface area contributed by atoms with Crippen molar-refractivity contribution in [1.82, 2.24) is 4.98 Å². The van der Waals surface area contributed by atoms with Crippen LogP contribution in [-0.2, 0) is 40.5 Å². The minimum atomic E-state index is -4.75. The summed E-state index contributed by atoms with van der Waals surface area (Å²) in [6, 6.07) is 36.4. The summed E-state index contributed by atoms with van der Waals surface area (Å²) in [7, 11) is -19.0. The van der Waals surface area contributed by atoms with Gasteiger partial charge in [-0.2, -0.15) is 0 Å². The van der Waals surface area contributed by atoms with E-state index in [0.29, 0.717) is 73.3 Å². The van der Waals surface area contributed by atoms with Gasteiger partial charge < -0.3 is 39.5 Å². The Morgan fingerprint density at radius 3 is 0.866 bits per heavy atom. The van der Waals surface area contributed by atoms with E-state index in [9.17, 15) is 51.9 Å². The number of fused-ring (bicyclic) bond motifs is 2. The first-order chi connectivity index (χ1) is 30.2. The molecule has 18 nitrogen and oxygen atoms in total. The smallest absolute Gasteiger partial charge is 0.744 e. The average Bonchev–Trinajstić information content (AvgIpc) is 3.23. The number of para-hydroxylation sites is 1. The first-order valence-corrected chi connectivity index (χ1v) is 24.1. The Hall–Kier alpha value is -4.02. The molecule has 0 fully saturated rings. The maximum atomic E-state index is 11.7. The van der Waals surface area contributed by atoms with E-state index in [1.807, 2.05) is 34.9 Å². The summed E-state index contributed by atoms with van der Waals surface area (Å²) in [5.74, 6) is 0. The molecule has 0 amide bonds. The van der Waals surface area contributed by atoms with Crippen molar-refractivity contribution in [2.45, 2.75) is 19.6 Å². The molecule has 0 bridgehead atoms. The van der Waals surface area contributed by atoms with E-state index in [2.05, 4.69) is 21.3 Å². The first kappa shape index (κ1) is 53.9. The number of nitrogens with one attached hydrogen (secondary N) is 4. The van der Waals surface area contributed by atoms with E-state index in [1.54, 1.807) is 24.3 Å². The summed E-state index contributed by atoms with van der Waals surface area (Å²) in [6.45, 7) is 0. The van der Waals surface area contributed by atoms with Crippen LogP contribution in [0.3, 0.4) is 0 Å². The van der Waals surface area contributed by atoms with E-state index >= 15 is 0 Å². The van der Waals surface area contributed by atoms with Crippen molar-refractivity contribution in [3.63, 3.8) is 0 Å². The van der Waals surface area contributed by atoms with Crippen LogP contribution in [0.5, 0.6) is 0 Å². The quantitative estimate of drug-likeness (QED) is 0.0395. The fourth-order valence-electron chi connectivity index (χ4n) is 6.66. The zero-order valence-electron chi connectivity index (χ0n) is 35.4. The normalized spacial score (nSPS) is 11.7. The summed E-state index contributed by atoms with van der Waals surface area (Å²) in [4.78, 5) is 3.25. The van der Waals surface area contributed by atoms with Crippen LogP contribution in [0.4, 0.5) is 45.5 Å². The van der Waals surface area contributed by atoms with Crippen LogP contribution >= 0.6 is 0 Å². The summed E-state index contributed by atoms with van der Waals surface area (Å²) < 4.78 is 142. The molecule has 0 aliphatic rings. The minimum absolute atomic E-state index is 0. The van der Waals surface area contributed by atoms with E-state index in [0.717, 1.165) is 48.5 Å². The number of anilines is 8. The van der Waals surface area contributed by atoms with Crippen molar-refractivity contribution < 1.29 is 145 Å². The average molecular weight is 1010 g/mol. The van der Waals surface area contributed by atoms with Crippen LogP contribution in [0.1, 0.15) is 0 Å². The van der Waals surface area contributed by atoms with Crippen molar-refractivity contribution in [3.8, 4) is 5.69 Å². The molecule has 1 aromatic heterocycles. The van der Waals surface area contributed by atoms with Crippen LogP contribution in [0.2, 0.25) is 0 Å². The van der Waals surface area contributed by atoms with Gasteiger partial charge in [-0.3, -0.25) is 0 Å². The Morgan fingerprint density at radius 2 is 0.612 bits per heavy atom. The second-order valence-corrected chi connectivity index (χ2v) is 19.5. The van der Waals surface area contributed by atoms with Gasteiger partial charge in [-0.1, -0.05) is 18.2 Å². The first-order valence-electron chi connectivity index (χ1n) is 18.4. The number of rotatable bonds is 13. The van der Waals surface area contributed by atoms with Crippen LogP contribution in [0.25, 0.3) is 27.8 Å². The third-order valence-electron chi connectivity index (χ3n) is 9.65. The summed E-state index contributed by atoms with van der Waals surface area (Å²) >= 11 is 0. The molecule has 0 aliphatic heterocycles. The fraction of sp³-hybridized carbons (Fsp3) is 0. The molecule has 0 radical (unpaired) electrons. The van der Waals surface area contributed by atoms with Gasteiger partial charge in [-0.25, -0.2) is 38.7 Å². The maximum absolute atomic E-state index is 11.7. The molecule has 0 aliphatic carbocycles. The molecular formula is C42H29N6Na3O12S4. The van der Waals surface area contributed by atoms with Gasteiger partial charge in [0.15, 0.2) is 0 Å². The van der Waals surface area contributed by atoms with Crippen molar-refractivity contribution >= 4 is 108 Å². The molecule has 0 spiro atoms. The van der Waals surface area contributed by atoms with Crippen molar-refractivity contribution in [1.29, 1.82) is 0 Å². The molecule has 8 aromatic rings. The molecule has 1 heterocycles. The number of benzene rings is 7. The van der Waals surface area contributed by atoms with E-state index in [-0.39, 0.29) is 88.7 Å². The number of hydrogen-bond acceptors (Lipinski definition) is 17. The second-order valence-electron chi connectivity index (χ2n) is 14.0. The van der Waals surface area contributed by atoms with Crippen LogP contribution in [0, 0.1) is 0 Å². The molecular weight excluding hydrogens is 978 g/mol. The second kappa shape index (κ2) is 21.3. The van der Waals surface area contributed by atoms with Gasteiger partial charge in [0.1, 0.15) is 51.5 Å². The Morgan fingerprint density at radius 1 is 0.358 bits per heavy atom. The molecule has 0 saturated heterocycles. The number of nitrogens with zero attached hydrogens (tertiary/aromatic N) is 2. The Bertz CT molecular complexity index is 3370. The monoisotopic (exact) mass is 1010 g/mol. The molecule has 0 atom stereocenters. The molecule has 67 heavy (non-hydrogen) atoms. The van der Waals surface area contributed by atoms with E-state index in [1.165, 1.54) is 48.5 Å². The minimum Gasteiger partial charge on any atom is -0.744 e. The van der Waals surface area contributed by atoms with Gasteiger partial charge in [0.2, 0.25) is 16.7 Å². The van der Waals surface area contributed by atoms with Crippen molar-refractivity contribution in [2.75, 3.05) is 21.3 Å². The Balaban J connectivity index is 0.00000280. The summed E-state index contributed by atoms with van der Waals surface area (Å²) in [5.41, 5.74) is 5.56. The molecule has 7 aromatic carbocycles. The van der Waals surface area contributed by atoms with Crippen LogP contribution in [0.15, 0.2) is 171 Å². The largest absolute Gasteiger partial charge is 1.00 e. The molecule has 0 unspecified atom stereocenters. The van der Waals surface area contributed by atoms with Crippen molar-refractivity contribution in [3.05, 3.63) is 152 Å². The summed E-state index contributed by atoms with van der Waals surface area (Å²) in [5, 5.41) is 12.9. The molecule has 4 N–H and O–H groups in total. The van der Waals surface area contributed by atoms with Gasteiger partial charge in [0.25, 0.3) is 0 Å². The Kier molecular flexibility index (Phi) is 17.2. The van der Waals surface area contributed by atoms with Crippen LogP contribution < -0.4 is 115 Å². The van der Waals surface area contributed by atoms with E-state index in [4.69, 9.17) is 4.98 Å². The van der Waals surface area contributed by atoms with Gasteiger partial charge >= 0.3 is 88.7 Å². The van der Waals surface area contributed by atoms with Crippen LogP contribution in [-0.4, -0.2) is 56.9 Å². The third kappa shape index (κ3) is 12.8. The summed E-state index contributed by atoms with van der Waals surface area (Å²) in [6.07, 6.45) is 0. The SMILES string of the molecule is O=S(=O)([O-])c1ccc(Nc2cc3nc4cc(Nc5ccc(S(=O)(=O)[O-])cc5)c(Nc5ccc(S(=O)(=O)[O-])cc5)cc4[n+](-c4ccccc4)c3cc2Nc2ccc(S(=O)(=O)[O-])cc2)cc1.[Na+].[Na+].[Na+]. The molecule has 25 heteroatoms. The van der Waals surface area contributed by atoms with Crippen molar-refractivity contribution in [2.24, 2.45) is 0 Å². The predicted molar refractivity (Wildman–Crippen MR) is 232 cm³/mol. The molecule has 8 rings (SSSR count). The third-order valence-corrected chi connectivity index (χ3v) is 13.1. The van der Waals surface area contributed by atoms with Gasteiger partial charge in [-0.05, 0) is 109 Å². The maximum Gasteiger partial charge on any atom is 1.00 e. The Labute approximate surface area is 451 Å². The number of aromatic nitrogens is 2. The number of hydrogen-bond donors (Lipinski definition) is 4. The predicted octanol–water partition coefficient (Wildman–Crippen LogP) is -2.73. The molecule has 0 saturated carbocycles. The van der Waals surface area contributed by atoms with Gasteiger partial charge in [0.05, 0.1) is 42.3 Å². The fourth-order valence-corrected chi connectivity index (χ4v) is 8.54. The zero-order valence-corrected chi connectivity index (χ0v) is 44.6. The topological polar surface area (TPSA) is 294 Å². The van der Waals surface area contributed by atoms with Gasteiger partial charge in [-0.15, -0.1) is 4.57 Å². The van der Waals surface area contributed by atoms with E-state index < -0.39 is 60.1 Å². The standard InChI is InChI=1S/C42H32N6O12S4.3Na/c49-61(50,51)31-14-6-26(7-15-31)43-35-22-39-41(24-37(35)45-28-10-18-33(19-11-28)63(55,56)57)48(30-4-2-1-3-5-30)42-25-38(46-29-12-20-34(21-13-29)64(58,59)60)36(23-40(42)47-39)44-27-8-16-32(17-9-27)62(52,53)54;;;/h1-25H,(H7,43,44,45,46,47,49,50,51,52,53,54,55,56,57,58,59,60);;;/q;3*+1/p-3.